The molecule has 2 heteroatoms. The Morgan fingerprint density at radius 3 is 1.92 bits per heavy atom. The number of hydrazine groups is 1. The summed E-state index contributed by atoms with van der Waals surface area (Å²) >= 11 is 0. The second-order valence-electron chi connectivity index (χ2n) is 3.01. The van der Waals surface area contributed by atoms with Gasteiger partial charge in [0, 0.05) is 26.3 Å². The van der Waals surface area contributed by atoms with Gasteiger partial charge in [0.25, 0.3) is 0 Å². The van der Waals surface area contributed by atoms with Gasteiger partial charge in [-0.05, 0) is 19.8 Å². The molecule has 0 rings (SSSR count). The molecule has 0 heterocycles. The smallest absolute Gasteiger partial charge is 0.0227 e. The van der Waals surface area contributed by atoms with Crippen molar-refractivity contribution in [1.82, 2.24) is 10.0 Å². The maximum absolute atomic E-state index is 2.36. The minimum absolute atomic E-state index is 1.15. The predicted octanol–water partition coefficient (Wildman–Crippen LogP) is 2.49. The maximum atomic E-state index is 2.36. The molecule has 0 aliphatic carbocycles. The molecule has 0 fully saturated rings. The molecule has 2 nitrogen and oxygen atoms in total. The van der Waals surface area contributed by atoms with Gasteiger partial charge >= 0.3 is 0 Å². The second kappa shape index (κ2) is 7.17. The van der Waals surface area contributed by atoms with Crippen molar-refractivity contribution in [3.8, 4) is 0 Å². The van der Waals surface area contributed by atoms with Crippen LogP contribution in [0.25, 0.3) is 0 Å². The van der Waals surface area contributed by atoms with E-state index in [0.717, 1.165) is 13.1 Å². The zero-order valence-electron chi connectivity index (χ0n) is 8.88. The van der Waals surface area contributed by atoms with Crippen molar-refractivity contribution < 1.29 is 0 Å². The molecule has 0 unspecified atom stereocenters. The summed E-state index contributed by atoms with van der Waals surface area (Å²) < 4.78 is 0. The largest absolute Gasteiger partial charge is 0.316 e. The van der Waals surface area contributed by atoms with Gasteiger partial charge in [0.05, 0.1) is 0 Å². The normalized spacial score (nSPS) is 11.4. The van der Waals surface area contributed by atoms with E-state index in [1.807, 2.05) is 6.92 Å². The third-order valence-corrected chi connectivity index (χ3v) is 1.77. The van der Waals surface area contributed by atoms with Crippen molar-refractivity contribution in [2.24, 2.45) is 0 Å². The topological polar surface area (TPSA) is 6.48 Å². The van der Waals surface area contributed by atoms with Gasteiger partial charge in [-0.25, -0.2) is 5.01 Å². The molecule has 0 spiro atoms. The minimum Gasteiger partial charge on any atom is -0.316 e. The molecule has 0 aromatic heterocycles. The molecule has 0 radical (unpaired) electrons. The lowest BCUT2D eigenvalue weighted by molar-refractivity contribution is 0.0469. The van der Waals surface area contributed by atoms with Crippen LogP contribution in [0.1, 0.15) is 33.6 Å². The average Bonchev–Trinajstić information content (AvgIpc) is 2.04. The molecule has 0 aromatic carbocycles. The summed E-state index contributed by atoms with van der Waals surface area (Å²) in [5.41, 5.74) is 0. The maximum Gasteiger partial charge on any atom is 0.0227 e. The first kappa shape index (κ1) is 11.5. The van der Waals surface area contributed by atoms with E-state index in [2.05, 4.69) is 43.2 Å². The van der Waals surface area contributed by atoms with Gasteiger partial charge in [-0.15, -0.1) is 0 Å². The van der Waals surface area contributed by atoms with Crippen LogP contribution in [-0.2, 0) is 0 Å². The van der Waals surface area contributed by atoms with E-state index in [-0.39, 0.29) is 0 Å². The first-order valence-electron chi connectivity index (χ1n) is 4.86. The van der Waals surface area contributed by atoms with Crippen LogP contribution in [-0.4, -0.2) is 30.2 Å². The van der Waals surface area contributed by atoms with Gasteiger partial charge in [0.2, 0.25) is 0 Å². The summed E-state index contributed by atoms with van der Waals surface area (Å²) in [6.07, 6.45) is 6.59. The van der Waals surface area contributed by atoms with Crippen LogP contribution in [0.15, 0.2) is 12.3 Å². The highest BCUT2D eigenvalue weighted by molar-refractivity contribution is 4.74. The highest BCUT2D eigenvalue weighted by atomic mass is 15.6. The van der Waals surface area contributed by atoms with Gasteiger partial charge in [0.15, 0.2) is 0 Å². The molecule has 0 atom stereocenters. The first-order chi connectivity index (χ1) is 5.76. The van der Waals surface area contributed by atoms with Crippen molar-refractivity contribution in [3.05, 3.63) is 12.3 Å². The van der Waals surface area contributed by atoms with Crippen LogP contribution in [0.3, 0.4) is 0 Å². The monoisotopic (exact) mass is 170 g/mol. The molecule has 0 saturated heterocycles. The third-order valence-electron chi connectivity index (χ3n) is 1.77. The minimum atomic E-state index is 1.15. The molecular weight excluding hydrogens is 148 g/mol. The van der Waals surface area contributed by atoms with E-state index >= 15 is 0 Å². The number of allylic oxidation sites excluding steroid dienone is 1. The fraction of sp³-hybridized carbons (Fsp3) is 0.800. The average molecular weight is 170 g/mol. The lowest BCUT2D eigenvalue weighted by Crippen LogP contribution is -2.37. The predicted molar refractivity (Wildman–Crippen MR) is 54.7 cm³/mol. The van der Waals surface area contributed by atoms with Crippen molar-refractivity contribution in [2.75, 3.05) is 20.1 Å². The summed E-state index contributed by atoms with van der Waals surface area (Å²) in [4.78, 5) is 0. The highest BCUT2D eigenvalue weighted by Crippen LogP contribution is 1.99. The van der Waals surface area contributed by atoms with Crippen molar-refractivity contribution in [3.63, 3.8) is 0 Å². The van der Waals surface area contributed by atoms with Crippen LogP contribution in [0.5, 0.6) is 0 Å². The molecule has 12 heavy (non-hydrogen) atoms. The van der Waals surface area contributed by atoms with Crippen LogP contribution in [0.2, 0.25) is 0 Å². The molecule has 72 valence electrons. The Hall–Kier alpha value is -0.500. The second-order valence-corrected chi connectivity index (χ2v) is 3.01. The third kappa shape index (κ3) is 4.39. The standard InChI is InChI=1S/C10H22N2/c1-5-8-11(4)12(9-6-2)10-7-3/h5,8H,6-7,9-10H2,1-4H3/b8-5-. The van der Waals surface area contributed by atoms with Crippen molar-refractivity contribution in [2.45, 2.75) is 33.6 Å². The first-order valence-corrected chi connectivity index (χ1v) is 4.86. The summed E-state index contributed by atoms with van der Waals surface area (Å²) in [5.74, 6) is 0. The Morgan fingerprint density at radius 2 is 1.58 bits per heavy atom. The Bertz CT molecular complexity index is 115. The number of hydrogen-bond acceptors (Lipinski definition) is 2. The van der Waals surface area contributed by atoms with Crippen molar-refractivity contribution in [1.29, 1.82) is 0 Å². The van der Waals surface area contributed by atoms with E-state index in [9.17, 15) is 0 Å². The highest BCUT2D eigenvalue weighted by Gasteiger charge is 2.03. The Kier molecular flexibility index (Phi) is 6.87. The van der Waals surface area contributed by atoms with Crippen LogP contribution < -0.4 is 0 Å². The molecule has 0 saturated carbocycles. The fourth-order valence-corrected chi connectivity index (χ4v) is 1.25. The summed E-state index contributed by atoms with van der Waals surface area (Å²) in [5, 5.41) is 4.53. The van der Waals surface area contributed by atoms with Crippen LogP contribution in [0, 0.1) is 0 Å². The summed E-state index contributed by atoms with van der Waals surface area (Å²) in [6.45, 7) is 8.77. The lowest BCUT2D eigenvalue weighted by atomic mass is 10.4. The SMILES string of the molecule is C/C=C\N(C)N(CCC)CCC. The van der Waals surface area contributed by atoms with Gasteiger partial charge in [-0.1, -0.05) is 19.9 Å². The van der Waals surface area contributed by atoms with Gasteiger partial charge in [-0.2, -0.15) is 0 Å². The quantitative estimate of drug-likeness (QED) is 0.565. The number of hydrogen-bond donors (Lipinski definition) is 0. The van der Waals surface area contributed by atoms with Crippen LogP contribution >= 0.6 is 0 Å². The zero-order chi connectivity index (χ0) is 9.40. The van der Waals surface area contributed by atoms with Crippen LogP contribution in [0.4, 0.5) is 0 Å². The zero-order valence-corrected chi connectivity index (χ0v) is 8.88. The molecule has 0 aliphatic heterocycles. The molecule has 0 amide bonds. The molecule has 0 bridgehead atoms. The van der Waals surface area contributed by atoms with E-state index < -0.39 is 0 Å². The Labute approximate surface area is 76.8 Å². The molecular formula is C10H22N2. The van der Waals surface area contributed by atoms with E-state index in [4.69, 9.17) is 0 Å². The summed E-state index contributed by atoms with van der Waals surface area (Å²) in [6, 6.07) is 0. The number of nitrogens with zero attached hydrogens (tertiary/aromatic N) is 2. The molecule has 0 N–H and O–H groups in total. The van der Waals surface area contributed by atoms with Gasteiger partial charge in [0.1, 0.15) is 0 Å². The van der Waals surface area contributed by atoms with Gasteiger partial charge in [-0.3, -0.25) is 0 Å². The molecule has 0 aromatic rings. The fourth-order valence-electron chi connectivity index (χ4n) is 1.25. The molecule has 0 aliphatic rings. The Balaban J connectivity index is 3.89. The lowest BCUT2D eigenvalue weighted by Gasteiger charge is -2.30. The Morgan fingerprint density at radius 1 is 1.08 bits per heavy atom. The van der Waals surface area contributed by atoms with Gasteiger partial charge < -0.3 is 5.01 Å². The van der Waals surface area contributed by atoms with E-state index in [1.165, 1.54) is 12.8 Å². The van der Waals surface area contributed by atoms with E-state index in [1.54, 1.807) is 0 Å². The van der Waals surface area contributed by atoms with Crippen molar-refractivity contribution >= 4 is 0 Å². The summed E-state index contributed by atoms with van der Waals surface area (Å²) in [7, 11) is 2.10. The van der Waals surface area contributed by atoms with E-state index in [0.29, 0.717) is 0 Å². The number of rotatable bonds is 6.